The van der Waals surface area contributed by atoms with Gasteiger partial charge in [-0.2, -0.15) is 0 Å². The summed E-state index contributed by atoms with van der Waals surface area (Å²) in [7, 11) is 0. The van der Waals surface area contributed by atoms with E-state index in [1.54, 1.807) is 0 Å². The number of benzene rings is 1. The van der Waals surface area contributed by atoms with E-state index in [1.807, 2.05) is 30.0 Å². The molecule has 1 fully saturated rings. The summed E-state index contributed by atoms with van der Waals surface area (Å²) < 4.78 is 0. The molecule has 1 aliphatic rings. The Morgan fingerprint density at radius 2 is 1.88 bits per heavy atom. The normalized spacial score (nSPS) is 16.9. The summed E-state index contributed by atoms with van der Waals surface area (Å²) in [6.07, 6.45) is 2.42. The largest absolute Gasteiger partial charge is 0.317 e. The Morgan fingerprint density at radius 1 is 1.19 bits per heavy atom. The molecule has 0 amide bonds. The van der Waals surface area contributed by atoms with Gasteiger partial charge in [0.1, 0.15) is 0 Å². The first-order valence-corrected chi connectivity index (χ1v) is 6.72. The van der Waals surface area contributed by atoms with Gasteiger partial charge in [0.25, 0.3) is 0 Å². The maximum absolute atomic E-state index is 6.13. The Hall–Kier alpha value is 0.400. The maximum Gasteiger partial charge on any atom is 0.0556 e. The summed E-state index contributed by atoms with van der Waals surface area (Å²) in [4.78, 5) is 1.15. The average Bonchev–Trinajstić information content (AvgIpc) is 2.24. The zero-order valence-electron chi connectivity index (χ0n) is 8.71. The Labute approximate surface area is 117 Å². The molecule has 1 heterocycles. The highest BCUT2D eigenvalue weighted by Gasteiger charge is 2.15. The van der Waals surface area contributed by atoms with E-state index in [9.17, 15) is 0 Å². The number of nitrogens with one attached hydrogen (secondary N) is 1. The van der Waals surface area contributed by atoms with Crippen molar-refractivity contribution in [2.45, 2.75) is 23.0 Å². The van der Waals surface area contributed by atoms with Gasteiger partial charge in [0.15, 0.2) is 0 Å². The molecule has 5 heteroatoms. The minimum atomic E-state index is 0. The van der Waals surface area contributed by atoms with Crippen LogP contribution in [-0.2, 0) is 0 Å². The van der Waals surface area contributed by atoms with Crippen LogP contribution in [0.15, 0.2) is 23.1 Å². The number of piperidine rings is 1. The van der Waals surface area contributed by atoms with Crippen molar-refractivity contribution in [1.82, 2.24) is 5.32 Å². The summed E-state index contributed by atoms with van der Waals surface area (Å²) >= 11 is 13.9. The molecule has 1 aliphatic heterocycles. The zero-order chi connectivity index (χ0) is 10.7. The first kappa shape index (κ1) is 14.5. The summed E-state index contributed by atoms with van der Waals surface area (Å²) in [5.41, 5.74) is 0. The Morgan fingerprint density at radius 3 is 2.50 bits per heavy atom. The second kappa shape index (κ2) is 6.97. The van der Waals surface area contributed by atoms with Crippen molar-refractivity contribution in [3.63, 3.8) is 0 Å². The molecule has 0 atom stereocenters. The molecule has 90 valence electrons. The quantitative estimate of drug-likeness (QED) is 0.875. The van der Waals surface area contributed by atoms with E-state index in [1.165, 1.54) is 12.8 Å². The van der Waals surface area contributed by atoms with Gasteiger partial charge in [-0.1, -0.05) is 23.2 Å². The number of hydrogen-bond acceptors (Lipinski definition) is 2. The van der Waals surface area contributed by atoms with Gasteiger partial charge < -0.3 is 5.32 Å². The topological polar surface area (TPSA) is 12.0 Å². The van der Waals surface area contributed by atoms with Gasteiger partial charge >= 0.3 is 0 Å². The smallest absolute Gasteiger partial charge is 0.0556 e. The highest BCUT2D eigenvalue weighted by atomic mass is 35.5. The summed E-state index contributed by atoms with van der Waals surface area (Å²) in [5.74, 6) is 0. The molecule has 2 rings (SSSR count). The third kappa shape index (κ3) is 4.01. The zero-order valence-corrected chi connectivity index (χ0v) is 11.9. The van der Waals surface area contributed by atoms with E-state index in [2.05, 4.69) is 5.32 Å². The fraction of sp³-hybridized carbons (Fsp3) is 0.455. The standard InChI is InChI=1S/C11H13Cl2NS.ClH/c12-8-1-2-11(10(13)7-8)15-9-3-5-14-6-4-9;/h1-2,7,9,14H,3-6H2;1H. The van der Waals surface area contributed by atoms with E-state index < -0.39 is 0 Å². The van der Waals surface area contributed by atoms with Gasteiger partial charge in [-0.3, -0.25) is 0 Å². The lowest BCUT2D eigenvalue weighted by Gasteiger charge is -2.22. The molecule has 1 saturated heterocycles. The molecule has 0 spiro atoms. The molecular formula is C11H14Cl3NS. The Balaban J connectivity index is 0.00000128. The summed E-state index contributed by atoms with van der Waals surface area (Å²) in [6, 6.07) is 5.72. The predicted molar refractivity (Wildman–Crippen MR) is 75.5 cm³/mol. The van der Waals surface area contributed by atoms with E-state index in [0.717, 1.165) is 23.0 Å². The van der Waals surface area contributed by atoms with Gasteiger partial charge in [0.05, 0.1) is 5.02 Å². The molecule has 0 bridgehead atoms. The molecule has 1 nitrogen and oxygen atoms in total. The van der Waals surface area contributed by atoms with E-state index in [0.29, 0.717) is 10.3 Å². The molecule has 0 radical (unpaired) electrons. The molecule has 0 unspecified atom stereocenters. The van der Waals surface area contributed by atoms with Crippen molar-refractivity contribution >= 4 is 47.4 Å². The van der Waals surface area contributed by atoms with Crippen LogP contribution in [0.1, 0.15) is 12.8 Å². The van der Waals surface area contributed by atoms with Crippen LogP contribution in [0, 0.1) is 0 Å². The van der Waals surface area contributed by atoms with Crippen LogP contribution in [0.4, 0.5) is 0 Å². The summed E-state index contributed by atoms with van der Waals surface area (Å²) in [5, 5.41) is 5.51. The maximum atomic E-state index is 6.13. The van der Waals surface area contributed by atoms with Crippen LogP contribution in [-0.4, -0.2) is 18.3 Å². The lowest BCUT2D eigenvalue weighted by molar-refractivity contribution is 0.531. The fourth-order valence-corrected chi connectivity index (χ4v) is 3.35. The molecular weight excluding hydrogens is 285 g/mol. The van der Waals surface area contributed by atoms with E-state index in [-0.39, 0.29) is 12.4 Å². The van der Waals surface area contributed by atoms with E-state index in [4.69, 9.17) is 23.2 Å². The number of halogens is 3. The van der Waals surface area contributed by atoms with Gasteiger partial charge in [-0.05, 0) is 44.1 Å². The third-order valence-electron chi connectivity index (χ3n) is 2.47. The summed E-state index contributed by atoms with van der Waals surface area (Å²) in [6.45, 7) is 2.23. The second-order valence-corrected chi connectivity index (χ2v) is 5.83. The fourth-order valence-electron chi connectivity index (χ4n) is 1.66. The number of thioether (sulfide) groups is 1. The lowest BCUT2D eigenvalue weighted by atomic mass is 10.2. The monoisotopic (exact) mass is 297 g/mol. The minimum absolute atomic E-state index is 0. The second-order valence-electron chi connectivity index (χ2n) is 3.64. The molecule has 1 aromatic rings. The van der Waals surface area contributed by atoms with Crippen molar-refractivity contribution in [2.24, 2.45) is 0 Å². The van der Waals surface area contributed by atoms with Crippen LogP contribution in [0.25, 0.3) is 0 Å². The van der Waals surface area contributed by atoms with Gasteiger partial charge in [-0.15, -0.1) is 24.2 Å². The van der Waals surface area contributed by atoms with Crippen LogP contribution >= 0.6 is 47.4 Å². The molecule has 16 heavy (non-hydrogen) atoms. The van der Waals surface area contributed by atoms with Crippen molar-refractivity contribution in [1.29, 1.82) is 0 Å². The van der Waals surface area contributed by atoms with Crippen LogP contribution in [0.2, 0.25) is 10.0 Å². The first-order chi connectivity index (χ1) is 7.25. The SMILES string of the molecule is Cl.Clc1ccc(SC2CCNCC2)c(Cl)c1. The molecule has 0 aromatic heterocycles. The molecule has 0 aliphatic carbocycles. The number of hydrogen-bond donors (Lipinski definition) is 1. The highest BCUT2D eigenvalue weighted by Crippen LogP contribution is 2.34. The van der Waals surface area contributed by atoms with Crippen molar-refractivity contribution in [2.75, 3.05) is 13.1 Å². The van der Waals surface area contributed by atoms with E-state index >= 15 is 0 Å². The Bertz CT molecular complexity index is 340. The molecule has 1 N–H and O–H groups in total. The number of rotatable bonds is 2. The van der Waals surface area contributed by atoms with Crippen molar-refractivity contribution < 1.29 is 0 Å². The van der Waals surface area contributed by atoms with Gasteiger partial charge in [0, 0.05) is 15.2 Å². The third-order valence-corrected chi connectivity index (χ3v) is 4.55. The molecule has 0 saturated carbocycles. The van der Waals surface area contributed by atoms with Gasteiger partial charge in [-0.25, -0.2) is 0 Å². The minimum Gasteiger partial charge on any atom is -0.317 e. The van der Waals surface area contributed by atoms with Crippen LogP contribution in [0.5, 0.6) is 0 Å². The van der Waals surface area contributed by atoms with Crippen molar-refractivity contribution in [3.8, 4) is 0 Å². The van der Waals surface area contributed by atoms with Crippen molar-refractivity contribution in [3.05, 3.63) is 28.2 Å². The molecule has 1 aromatic carbocycles. The van der Waals surface area contributed by atoms with Crippen LogP contribution in [0.3, 0.4) is 0 Å². The first-order valence-electron chi connectivity index (χ1n) is 5.08. The highest BCUT2D eigenvalue weighted by molar-refractivity contribution is 8.00. The predicted octanol–water partition coefficient (Wildman–Crippen LogP) is 4.26. The van der Waals surface area contributed by atoms with Gasteiger partial charge in [0.2, 0.25) is 0 Å². The Kier molecular flexibility index (Phi) is 6.30. The average molecular weight is 299 g/mol. The lowest BCUT2D eigenvalue weighted by Crippen LogP contribution is -2.29. The van der Waals surface area contributed by atoms with Crippen LogP contribution < -0.4 is 5.32 Å².